The van der Waals surface area contributed by atoms with Crippen LogP contribution in [0, 0.1) is 6.07 Å². The van der Waals surface area contributed by atoms with Gasteiger partial charge in [-0.3, -0.25) is 0 Å². The first kappa shape index (κ1) is 13.1. The van der Waals surface area contributed by atoms with E-state index < -0.39 is 0 Å². The zero-order chi connectivity index (χ0) is 13.1. The quantitative estimate of drug-likeness (QED) is 0.826. The van der Waals surface area contributed by atoms with E-state index in [1.165, 1.54) is 0 Å². The van der Waals surface area contributed by atoms with Gasteiger partial charge >= 0.3 is 0 Å². The maximum atomic E-state index is 6.13. The molecule has 0 atom stereocenters. The van der Waals surface area contributed by atoms with Crippen molar-refractivity contribution < 1.29 is 9.47 Å². The Kier molecular flexibility index (Phi) is 4.00. The van der Waals surface area contributed by atoms with Gasteiger partial charge in [0.1, 0.15) is 11.5 Å². The molecule has 0 amide bonds. The first-order chi connectivity index (χ1) is 8.63. The van der Waals surface area contributed by atoms with Crippen LogP contribution in [0.2, 0.25) is 10.0 Å². The molecule has 0 fully saturated rings. The molecular formula is C14H11Cl2O2. The summed E-state index contributed by atoms with van der Waals surface area (Å²) in [7, 11) is 3.20. The van der Waals surface area contributed by atoms with Crippen LogP contribution in [-0.4, -0.2) is 14.2 Å². The zero-order valence-electron chi connectivity index (χ0n) is 9.96. The van der Waals surface area contributed by atoms with Crippen molar-refractivity contribution in [1.82, 2.24) is 0 Å². The number of halogens is 2. The Morgan fingerprint density at radius 1 is 0.944 bits per heavy atom. The Labute approximate surface area is 116 Å². The Hall–Kier alpha value is -1.38. The van der Waals surface area contributed by atoms with Gasteiger partial charge in [-0.1, -0.05) is 23.2 Å². The Bertz CT molecular complexity index is 545. The van der Waals surface area contributed by atoms with Gasteiger partial charge in [0, 0.05) is 22.7 Å². The number of hydrogen-bond donors (Lipinski definition) is 0. The molecule has 2 aromatic rings. The highest BCUT2D eigenvalue weighted by atomic mass is 35.5. The van der Waals surface area contributed by atoms with Crippen LogP contribution in [0.4, 0.5) is 0 Å². The highest BCUT2D eigenvalue weighted by molar-refractivity contribution is 6.35. The van der Waals surface area contributed by atoms with Crippen molar-refractivity contribution >= 4 is 23.2 Å². The van der Waals surface area contributed by atoms with Crippen molar-refractivity contribution in [2.45, 2.75) is 0 Å². The van der Waals surface area contributed by atoms with Crippen LogP contribution in [0.25, 0.3) is 11.1 Å². The summed E-state index contributed by atoms with van der Waals surface area (Å²) in [5.74, 6) is 1.39. The van der Waals surface area contributed by atoms with E-state index in [9.17, 15) is 0 Å². The largest absolute Gasteiger partial charge is 0.497 e. The Balaban J connectivity index is 2.58. The molecule has 0 aliphatic heterocycles. The molecule has 0 aliphatic rings. The number of ether oxygens (including phenoxy) is 2. The number of methoxy groups -OCH3 is 2. The molecule has 93 valence electrons. The minimum atomic E-state index is 0.509. The molecule has 0 unspecified atom stereocenters. The second-order valence-corrected chi connectivity index (χ2v) is 4.46. The molecule has 2 aromatic carbocycles. The average Bonchev–Trinajstić information content (AvgIpc) is 2.40. The monoisotopic (exact) mass is 281 g/mol. The lowest BCUT2D eigenvalue weighted by Gasteiger charge is -2.10. The van der Waals surface area contributed by atoms with Crippen LogP contribution in [0.15, 0.2) is 30.3 Å². The van der Waals surface area contributed by atoms with E-state index in [1.54, 1.807) is 32.4 Å². The fourth-order valence-electron chi connectivity index (χ4n) is 1.63. The molecule has 0 N–H and O–H groups in total. The van der Waals surface area contributed by atoms with Gasteiger partial charge in [-0.15, -0.1) is 0 Å². The third-order valence-corrected chi connectivity index (χ3v) is 3.05. The van der Waals surface area contributed by atoms with Crippen molar-refractivity contribution in [1.29, 1.82) is 0 Å². The predicted molar refractivity (Wildman–Crippen MR) is 73.8 cm³/mol. The van der Waals surface area contributed by atoms with Crippen LogP contribution in [0.3, 0.4) is 0 Å². The topological polar surface area (TPSA) is 18.5 Å². The molecule has 0 spiro atoms. The Morgan fingerprint density at radius 2 is 1.56 bits per heavy atom. The summed E-state index contributed by atoms with van der Waals surface area (Å²) in [4.78, 5) is 0. The predicted octanol–water partition coefficient (Wildman–Crippen LogP) is 4.48. The second-order valence-electron chi connectivity index (χ2n) is 3.65. The fourth-order valence-corrected chi connectivity index (χ4v) is 2.01. The molecule has 0 saturated heterocycles. The van der Waals surface area contributed by atoms with E-state index in [0.717, 1.165) is 11.1 Å². The molecular weight excluding hydrogens is 271 g/mol. The van der Waals surface area contributed by atoms with E-state index in [1.807, 2.05) is 12.1 Å². The summed E-state index contributed by atoms with van der Waals surface area (Å²) in [5.41, 5.74) is 1.66. The van der Waals surface area contributed by atoms with Gasteiger partial charge in [0.05, 0.1) is 19.2 Å². The summed E-state index contributed by atoms with van der Waals surface area (Å²) in [6.07, 6.45) is 0. The van der Waals surface area contributed by atoms with Gasteiger partial charge in [-0.25, -0.2) is 0 Å². The van der Waals surface area contributed by atoms with Crippen LogP contribution in [0.1, 0.15) is 0 Å². The number of benzene rings is 2. The average molecular weight is 282 g/mol. The maximum absolute atomic E-state index is 6.13. The van der Waals surface area contributed by atoms with Crippen molar-refractivity contribution in [2.24, 2.45) is 0 Å². The second kappa shape index (κ2) is 5.51. The minimum Gasteiger partial charge on any atom is -0.497 e. The highest BCUT2D eigenvalue weighted by Crippen LogP contribution is 2.34. The lowest BCUT2D eigenvalue weighted by molar-refractivity contribution is 0.394. The summed E-state index contributed by atoms with van der Waals surface area (Å²) in [5, 5.41) is 1.09. The number of rotatable bonds is 3. The van der Waals surface area contributed by atoms with Crippen molar-refractivity contribution in [3.8, 4) is 22.6 Å². The maximum Gasteiger partial charge on any atom is 0.123 e. The van der Waals surface area contributed by atoms with E-state index >= 15 is 0 Å². The molecule has 18 heavy (non-hydrogen) atoms. The first-order valence-corrected chi connectivity index (χ1v) is 6.00. The van der Waals surface area contributed by atoms with Crippen molar-refractivity contribution in [3.05, 3.63) is 46.4 Å². The van der Waals surface area contributed by atoms with Crippen LogP contribution in [0.5, 0.6) is 11.5 Å². The lowest BCUT2D eigenvalue weighted by atomic mass is 10.0. The molecule has 0 heterocycles. The normalized spacial score (nSPS) is 10.2. The number of hydrogen-bond acceptors (Lipinski definition) is 2. The van der Waals surface area contributed by atoms with E-state index in [0.29, 0.717) is 21.5 Å². The van der Waals surface area contributed by atoms with Crippen LogP contribution < -0.4 is 9.47 Å². The van der Waals surface area contributed by atoms with Crippen molar-refractivity contribution in [2.75, 3.05) is 14.2 Å². The molecule has 0 saturated carbocycles. The molecule has 0 bridgehead atoms. The van der Waals surface area contributed by atoms with Gasteiger partial charge < -0.3 is 9.47 Å². The van der Waals surface area contributed by atoms with Crippen LogP contribution in [-0.2, 0) is 0 Å². The van der Waals surface area contributed by atoms with E-state index in [4.69, 9.17) is 32.7 Å². The fraction of sp³-hybridized carbons (Fsp3) is 0.143. The molecule has 2 nitrogen and oxygen atoms in total. The van der Waals surface area contributed by atoms with Crippen LogP contribution >= 0.6 is 23.2 Å². The molecule has 0 aromatic heterocycles. The third kappa shape index (κ3) is 2.71. The van der Waals surface area contributed by atoms with Gasteiger partial charge in [0.25, 0.3) is 0 Å². The molecule has 0 aliphatic carbocycles. The standard InChI is InChI=1S/C14H11Cl2O2/c1-17-11-5-9(6-12(8-11)18-2)13-7-10(15)3-4-14(13)16/h3,5-8H,1-2H3. The smallest absolute Gasteiger partial charge is 0.123 e. The SMILES string of the molecule is COc1cc(OC)cc(-c2cc(Cl)c[c]c2Cl)c1. The lowest BCUT2D eigenvalue weighted by Crippen LogP contribution is -1.89. The highest BCUT2D eigenvalue weighted by Gasteiger charge is 2.08. The zero-order valence-corrected chi connectivity index (χ0v) is 11.5. The molecule has 1 radical (unpaired) electrons. The van der Waals surface area contributed by atoms with Gasteiger partial charge in [-0.05, 0) is 29.8 Å². The third-order valence-electron chi connectivity index (χ3n) is 2.52. The van der Waals surface area contributed by atoms with Gasteiger partial charge in [0.15, 0.2) is 0 Å². The first-order valence-electron chi connectivity index (χ1n) is 5.24. The Morgan fingerprint density at radius 3 is 2.11 bits per heavy atom. The molecule has 4 heteroatoms. The summed E-state index contributed by atoms with van der Waals surface area (Å²) >= 11 is 12.1. The van der Waals surface area contributed by atoms with Gasteiger partial charge in [0.2, 0.25) is 0 Å². The molecule has 2 rings (SSSR count). The van der Waals surface area contributed by atoms with E-state index in [-0.39, 0.29) is 0 Å². The van der Waals surface area contributed by atoms with Crippen molar-refractivity contribution in [3.63, 3.8) is 0 Å². The van der Waals surface area contributed by atoms with Gasteiger partial charge in [-0.2, -0.15) is 0 Å². The summed E-state index contributed by atoms with van der Waals surface area (Å²) in [6, 6.07) is 11.8. The summed E-state index contributed by atoms with van der Waals surface area (Å²) < 4.78 is 10.4. The van der Waals surface area contributed by atoms with E-state index in [2.05, 4.69) is 6.07 Å². The summed E-state index contributed by atoms with van der Waals surface area (Å²) in [6.45, 7) is 0. The minimum absolute atomic E-state index is 0.509.